The van der Waals surface area contributed by atoms with Crippen molar-refractivity contribution in [2.45, 2.75) is 26.0 Å². The van der Waals surface area contributed by atoms with Crippen molar-refractivity contribution in [2.75, 3.05) is 7.11 Å². The molecule has 0 aliphatic heterocycles. The molecule has 0 saturated carbocycles. The highest BCUT2D eigenvalue weighted by Gasteiger charge is 2.08. The van der Waals surface area contributed by atoms with E-state index >= 15 is 0 Å². The van der Waals surface area contributed by atoms with Gasteiger partial charge in [0.05, 0.1) is 7.11 Å². The lowest BCUT2D eigenvalue weighted by Gasteiger charge is -2.13. The number of hydrogen-bond donors (Lipinski definition) is 1. The summed E-state index contributed by atoms with van der Waals surface area (Å²) in [6.07, 6.45) is 4.33. The van der Waals surface area contributed by atoms with E-state index in [4.69, 9.17) is 15.2 Å². The van der Waals surface area contributed by atoms with Crippen LogP contribution in [0.25, 0.3) is 0 Å². The molecule has 2 aromatic rings. The third-order valence-electron chi connectivity index (χ3n) is 2.94. The van der Waals surface area contributed by atoms with Crippen LogP contribution in [-0.4, -0.2) is 18.1 Å². The number of rotatable bonds is 6. The molecule has 1 atom stereocenters. The average molecular weight is 351 g/mol. The molecular weight excluding hydrogens is 332 g/mol. The van der Waals surface area contributed by atoms with E-state index in [2.05, 4.69) is 20.9 Å². The molecule has 0 fully saturated rings. The maximum atomic E-state index is 5.82. The van der Waals surface area contributed by atoms with Crippen LogP contribution in [0, 0.1) is 0 Å². The van der Waals surface area contributed by atoms with E-state index in [1.807, 2.05) is 31.2 Å². The van der Waals surface area contributed by atoms with Crippen LogP contribution in [0.2, 0.25) is 0 Å². The largest absolute Gasteiger partial charge is 0.493 e. The topological polar surface area (TPSA) is 57.4 Å². The molecule has 21 heavy (non-hydrogen) atoms. The molecule has 0 bridgehead atoms. The van der Waals surface area contributed by atoms with E-state index < -0.39 is 0 Å². The predicted octanol–water partition coefficient (Wildman–Crippen LogP) is 3.32. The third kappa shape index (κ3) is 4.72. The number of methoxy groups -OCH3 is 1. The summed E-state index contributed by atoms with van der Waals surface area (Å²) in [7, 11) is 1.64. The average Bonchev–Trinajstić information content (AvgIpc) is 2.45. The van der Waals surface area contributed by atoms with E-state index in [1.165, 1.54) is 0 Å². The smallest absolute Gasteiger partial charge is 0.161 e. The predicted molar refractivity (Wildman–Crippen MR) is 86.6 cm³/mol. The molecular formula is C16H19BrN2O2. The van der Waals surface area contributed by atoms with Crippen LogP contribution in [0.5, 0.6) is 11.5 Å². The summed E-state index contributed by atoms with van der Waals surface area (Å²) in [6, 6.07) is 8.00. The van der Waals surface area contributed by atoms with Gasteiger partial charge in [0.25, 0.3) is 0 Å². The minimum absolute atomic E-state index is 0.120. The van der Waals surface area contributed by atoms with Crippen LogP contribution < -0.4 is 15.2 Å². The number of nitrogens with two attached hydrogens (primary N) is 1. The lowest BCUT2D eigenvalue weighted by Crippen LogP contribution is -2.17. The van der Waals surface area contributed by atoms with Crippen LogP contribution in [0.3, 0.4) is 0 Å². The van der Waals surface area contributed by atoms with Crippen molar-refractivity contribution in [1.82, 2.24) is 4.98 Å². The van der Waals surface area contributed by atoms with Crippen molar-refractivity contribution >= 4 is 15.9 Å². The first-order valence-corrected chi connectivity index (χ1v) is 7.52. The highest BCUT2D eigenvalue weighted by atomic mass is 79.9. The number of nitrogens with zero attached hydrogens (tertiary/aromatic N) is 1. The highest BCUT2D eigenvalue weighted by molar-refractivity contribution is 9.10. The first-order valence-electron chi connectivity index (χ1n) is 6.73. The van der Waals surface area contributed by atoms with E-state index in [0.29, 0.717) is 12.4 Å². The minimum atomic E-state index is 0.120. The Hall–Kier alpha value is -1.59. The third-order valence-corrected chi connectivity index (χ3v) is 3.38. The van der Waals surface area contributed by atoms with Gasteiger partial charge in [0, 0.05) is 28.5 Å². The van der Waals surface area contributed by atoms with Gasteiger partial charge < -0.3 is 15.2 Å². The summed E-state index contributed by atoms with van der Waals surface area (Å²) >= 11 is 3.39. The second-order valence-electron chi connectivity index (χ2n) is 4.97. The fourth-order valence-electron chi connectivity index (χ4n) is 2.03. The van der Waals surface area contributed by atoms with Crippen molar-refractivity contribution in [1.29, 1.82) is 0 Å². The molecule has 0 aliphatic carbocycles. The lowest BCUT2D eigenvalue weighted by molar-refractivity contribution is 0.284. The van der Waals surface area contributed by atoms with Gasteiger partial charge in [-0.3, -0.25) is 4.98 Å². The van der Waals surface area contributed by atoms with Gasteiger partial charge in [-0.2, -0.15) is 0 Å². The van der Waals surface area contributed by atoms with E-state index in [0.717, 1.165) is 27.8 Å². The van der Waals surface area contributed by atoms with Crippen molar-refractivity contribution in [2.24, 2.45) is 5.73 Å². The Balaban J connectivity index is 2.09. The number of pyridine rings is 1. The zero-order valence-electron chi connectivity index (χ0n) is 12.2. The Morgan fingerprint density at radius 2 is 2.00 bits per heavy atom. The van der Waals surface area contributed by atoms with E-state index in [1.54, 1.807) is 19.5 Å². The Morgan fingerprint density at radius 1 is 1.19 bits per heavy atom. The summed E-state index contributed by atoms with van der Waals surface area (Å²) in [5, 5.41) is 0. The van der Waals surface area contributed by atoms with Crippen LogP contribution >= 0.6 is 15.9 Å². The highest BCUT2D eigenvalue weighted by Crippen LogP contribution is 2.29. The summed E-state index contributed by atoms with van der Waals surface area (Å²) in [5.74, 6) is 1.43. The maximum absolute atomic E-state index is 5.82. The van der Waals surface area contributed by atoms with Crippen LogP contribution in [0.4, 0.5) is 0 Å². The molecule has 0 radical (unpaired) electrons. The lowest BCUT2D eigenvalue weighted by atomic mass is 10.1. The first-order chi connectivity index (χ1) is 10.1. The molecule has 1 aromatic heterocycles. The zero-order chi connectivity index (χ0) is 15.2. The summed E-state index contributed by atoms with van der Waals surface area (Å²) in [6.45, 7) is 2.42. The van der Waals surface area contributed by atoms with Gasteiger partial charge >= 0.3 is 0 Å². The Kier molecular flexibility index (Phi) is 5.59. The van der Waals surface area contributed by atoms with Crippen LogP contribution in [0.1, 0.15) is 18.1 Å². The van der Waals surface area contributed by atoms with Gasteiger partial charge in [0.15, 0.2) is 11.5 Å². The molecule has 2 N–H and O–H groups in total. The van der Waals surface area contributed by atoms with E-state index in [9.17, 15) is 0 Å². The molecule has 5 heteroatoms. The molecule has 112 valence electrons. The number of aromatic nitrogens is 1. The molecule has 0 amide bonds. The molecule has 1 aromatic carbocycles. The minimum Gasteiger partial charge on any atom is -0.493 e. The number of ether oxygens (including phenoxy) is 2. The monoisotopic (exact) mass is 350 g/mol. The summed E-state index contributed by atoms with van der Waals surface area (Å²) in [5.41, 5.74) is 7.95. The van der Waals surface area contributed by atoms with Crippen molar-refractivity contribution in [3.63, 3.8) is 0 Å². The summed E-state index contributed by atoms with van der Waals surface area (Å²) in [4.78, 5) is 4.11. The first kappa shape index (κ1) is 15.8. The van der Waals surface area contributed by atoms with Gasteiger partial charge in [0.2, 0.25) is 0 Å². The fraction of sp³-hybridized carbons (Fsp3) is 0.312. The van der Waals surface area contributed by atoms with Gasteiger partial charge in [-0.1, -0.05) is 6.07 Å². The standard InChI is InChI=1S/C16H19BrN2O2/c1-11(18)5-12-3-4-15(16(7-12)20-2)21-10-13-6-14(17)9-19-8-13/h3-4,6-9,11H,5,10,18H2,1-2H3. The maximum Gasteiger partial charge on any atom is 0.161 e. The molecule has 2 rings (SSSR count). The quantitative estimate of drug-likeness (QED) is 0.867. The number of halogens is 1. The van der Waals surface area contributed by atoms with Crippen molar-refractivity contribution in [3.8, 4) is 11.5 Å². The molecule has 0 aliphatic rings. The van der Waals surface area contributed by atoms with Gasteiger partial charge in [-0.15, -0.1) is 0 Å². The second kappa shape index (κ2) is 7.43. The Morgan fingerprint density at radius 3 is 2.67 bits per heavy atom. The van der Waals surface area contributed by atoms with Gasteiger partial charge in [-0.05, 0) is 53.0 Å². The van der Waals surface area contributed by atoms with Gasteiger partial charge in [0.1, 0.15) is 6.61 Å². The molecule has 1 heterocycles. The summed E-state index contributed by atoms with van der Waals surface area (Å²) < 4.78 is 12.1. The number of benzene rings is 1. The molecule has 0 saturated heterocycles. The van der Waals surface area contributed by atoms with E-state index in [-0.39, 0.29) is 6.04 Å². The number of hydrogen-bond acceptors (Lipinski definition) is 4. The molecule has 1 unspecified atom stereocenters. The van der Waals surface area contributed by atoms with Crippen LogP contribution in [0.15, 0.2) is 41.1 Å². The van der Waals surface area contributed by atoms with Crippen molar-refractivity contribution in [3.05, 3.63) is 52.3 Å². The Bertz CT molecular complexity index is 603. The molecule has 0 spiro atoms. The second-order valence-corrected chi connectivity index (χ2v) is 5.88. The fourth-order valence-corrected chi connectivity index (χ4v) is 2.44. The zero-order valence-corrected chi connectivity index (χ0v) is 13.8. The SMILES string of the molecule is COc1cc(CC(C)N)ccc1OCc1cncc(Br)c1. The Labute approximate surface area is 133 Å². The van der Waals surface area contributed by atoms with Crippen molar-refractivity contribution < 1.29 is 9.47 Å². The molecule has 4 nitrogen and oxygen atoms in total. The van der Waals surface area contributed by atoms with Crippen LogP contribution in [-0.2, 0) is 13.0 Å². The van der Waals surface area contributed by atoms with Gasteiger partial charge in [-0.25, -0.2) is 0 Å². The normalized spacial score (nSPS) is 12.0.